The molecule has 30 heavy (non-hydrogen) atoms. The number of amides is 1. The van der Waals surface area contributed by atoms with E-state index in [4.69, 9.17) is 4.99 Å². The molecule has 1 N–H and O–H groups in total. The Morgan fingerprint density at radius 1 is 1.07 bits per heavy atom. The van der Waals surface area contributed by atoms with Gasteiger partial charge in [-0.05, 0) is 44.0 Å². The first kappa shape index (κ1) is 20.4. The van der Waals surface area contributed by atoms with Gasteiger partial charge in [-0.25, -0.2) is 0 Å². The van der Waals surface area contributed by atoms with Crippen LogP contribution >= 0.6 is 23.1 Å². The number of hydrogen-bond acceptors (Lipinski definition) is 7. The van der Waals surface area contributed by atoms with E-state index in [0.29, 0.717) is 22.9 Å². The number of anilines is 1. The molecule has 2 aromatic carbocycles. The van der Waals surface area contributed by atoms with Crippen LogP contribution in [0.3, 0.4) is 0 Å². The van der Waals surface area contributed by atoms with Gasteiger partial charge in [0.2, 0.25) is 5.13 Å². The van der Waals surface area contributed by atoms with Gasteiger partial charge in [-0.2, -0.15) is 0 Å². The van der Waals surface area contributed by atoms with Gasteiger partial charge in [-0.15, -0.1) is 10.2 Å². The quantitative estimate of drug-likeness (QED) is 0.441. The van der Waals surface area contributed by atoms with Gasteiger partial charge in [0.1, 0.15) is 0 Å². The summed E-state index contributed by atoms with van der Waals surface area (Å²) in [4.78, 5) is 29.6. The topological polar surface area (TPSA) is 84.3 Å². The first-order valence-electron chi connectivity index (χ1n) is 9.45. The van der Waals surface area contributed by atoms with Crippen LogP contribution in [0.5, 0.6) is 0 Å². The Hall–Kier alpha value is -2.84. The van der Waals surface area contributed by atoms with Gasteiger partial charge in [0.05, 0.1) is 12.1 Å². The van der Waals surface area contributed by atoms with E-state index in [-0.39, 0.29) is 11.7 Å². The van der Waals surface area contributed by atoms with Gasteiger partial charge in [-0.1, -0.05) is 52.9 Å². The summed E-state index contributed by atoms with van der Waals surface area (Å²) in [5.41, 5.74) is 5.98. The number of carbonyl (C=O) groups excluding carboxylic acids is 2. The standard InChI is InChI=1S/C22H20N4O2S2/c1-12-4-8-15(9-5-12)20(28)24-21-25-26-22(30-21)29-11-16-10-17(27)18-13(2)6-7-14(3)19(18)23-16/h4-9H,10-11H2,1-3H3,(H,24,25,28). The van der Waals surface area contributed by atoms with Crippen LogP contribution in [0.15, 0.2) is 45.7 Å². The fourth-order valence-electron chi connectivity index (χ4n) is 3.18. The van der Waals surface area contributed by atoms with Crippen molar-refractivity contribution >= 4 is 51.3 Å². The second-order valence-electron chi connectivity index (χ2n) is 7.18. The van der Waals surface area contributed by atoms with Crippen molar-refractivity contribution in [3.63, 3.8) is 0 Å². The van der Waals surface area contributed by atoms with Crippen molar-refractivity contribution in [2.24, 2.45) is 4.99 Å². The number of nitrogens with one attached hydrogen (secondary N) is 1. The molecule has 0 radical (unpaired) electrons. The molecule has 8 heteroatoms. The lowest BCUT2D eigenvalue weighted by atomic mass is 9.94. The molecule has 3 aromatic rings. The zero-order valence-corrected chi connectivity index (χ0v) is 18.5. The molecule has 1 aliphatic rings. The highest BCUT2D eigenvalue weighted by Gasteiger charge is 2.23. The molecule has 6 nitrogen and oxygen atoms in total. The molecule has 1 amide bonds. The minimum Gasteiger partial charge on any atom is -0.296 e. The van der Waals surface area contributed by atoms with Gasteiger partial charge >= 0.3 is 0 Å². The molecule has 1 aliphatic heterocycles. The van der Waals surface area contributed by atoms with E-state index in [9.17, 15) is 9.59 Å². The number of hydrogen-bond donors (Lipinski definition) is 1. The van der Waals surface area contributed by atoms with Crippen molar-refractivity contribution in [3.05, 3.63) is 64.2 Å². The summed E-state index contributed by atoms with van der Waals surface area (Å²) in [6.07, 6.45) is 0.320. The number of aromatic nitrogens is 2. The van der Waals surface area contributed by atoms with Gasteiger partial charge < -0.3 is 0 Å². The third kappa shape index (κ3) is 4.34. The van der Waals surface area contributed by atoms with Gasteiger partial charge in [-0.3, -0.25) is 19.9 Å². The average Bonchev–Trinajstić information content (AvgIpc) is 3.17. The molecule has 2 heterocycles. The number of rotatable bonds is 5. The Balaban J connectivity index is 1.42. The number of Topliss-reactive ketones (excluding diaryl/α,β-unsaturated/α-hetero) is 1. The van der Waals surface area contributed by atoms with Crippen LogP contribution in [-0.4, -0.2) is 33.4 Å². The molecule has 1 aromatic heterocycles. The summed E-state index contributed by atoms with van der Waals surface area (Å²) in [5, 5.41) is 11.4. The minimum absolute atomic E-state index is 0.111. The number of ketones is 1. The summed E-state index contributed by atoms with van der Waals surface area (Å²) in [6.45, 7) is 5.89. The van der Waals surface area contributed by atoms with Crippen molar-refractivity contribution in [1.82, 2.24) is 10.2 Å². The Bertz CT molecular complexity index is 1170. The van der Waals surface area contributed by atoms with Crippen molar-refractivity contribution in [3.8, 4) is 0 Å². The van der Waals surface area contributed by atoms with E-state index in [1.54, 1.807) is 12.1 Å². The zero-order valence-electron chi connectivity index (χ0n) is 16.9. The molecule has 0 aliphatic carbocycles. The van der Waals surface area contributed by atoms with E-state index in [1.807, 2.05) is 45.0 Å². The first-order valence-corrected chi connectivity index (χ1v) is 11.2. The molecule has 0 fully saturated rings. The van der Waals surface area contributed by atoms with Crippen molar-refractivity contribution in [1.29, 1.82) is 0 Å². The van der Waals surface area contributed by atoms with Crippen molar-refractivity contribution < 1.29 is 9.59 Å². The third-order valence-electron chi connectivity index (χ3n) is 4.80. The number of fused-ring (bicyclic) bond motifs is 1. The SMILES string of the molecule is Cc1ccc(C(=O)Nc2nnc(SCC3=Nc4c(C)ccc(C)c4C(=O)C3)s2)cc1. The van der Waals surface area contributed by atoms with Crippen LogP contribution in [0.1, 0.15) is 43.8 Å². The van der Waals surface area contributed by atoms with Gasteiger partial charge in [0.25, 0.3) is 5.91 Å². The summed E-state index contributed by atoms with van der Waals surface area (Å²) in [7, 11) is 0. The Morgan fingerprint density at radius 2 is 1.80 bits per heavy atom. The third-order valence-corrected chi connectivity index (χ3v) is 6.85. The van der Waals surface area contributed by atoms with Crippen LogP contribution in [0.25, 0.3) is 0 Å². The fourth-order valence-corrected chi connectivity index (χ4v) is 4.86. The van der Waals surface area contributed by atoms with Crippen LogP contribution in [-0.2, 0) is 0 Å². The number of aryl methyl sites for hydroxylation is 3. The van der Waals surface area contributed by atoms with E-state index >= 15 is 0 Å². The molecular weight excluding hydrogens is 416 g/mol. The molecule has 0 saturated heterocycles. The first-order chi connectivity index (χ1) is 14.4. The van der Waals surface area contributed by atoms with Crippen LogP contribution in [0.2, 0.25) is 0 Å². The second-order valence-corrected chi connectivity index (χ2v) is 9.38. The number of aliphatic imine (C=N–C) groups is 1. The molecule has 0 saturated carbocycles. The number of carbonyl (C=O) groups is 2. The molecule has 0 atom stereocenters. The van der Waals surface area contributed by atoms with Crippen LogP contribution < -0.4 is 5.32 Å². The lowest BCUT2D eigenvalue weighted by molar-refractivity contribution is 0.0996. The van der Waals surface area contributed by atoms with E-state index in [1.165, 1.54) is 23.1 Å². The van der Waals surface area contributed by atoms with E-state index in [0.717, 1.165) is 38.0 Å². The lowest BCUT2D eigenvalue weighted by Crippen LogP contribution is -2.17. The Morgan fingerprint density at radius 3 is 2.57 bits per heavy atom. The van der Waals surface area contributed by atoms with Gasteiger partial charge in [0.15, 0.2) is 10.1 Å². The van der Waals surface area contributed by atoms with E-state index in [2.05, 4.69) is 15.5 Å². The normalized spacial score (nSPS) is 13.0. The second kappa shape index (κ2) is 8.49. The minimum atomic E-state index is -0.215. The van der Waals surface area contributed by atoms with Crippen molar-refractivity contribution in [2.75, 3.05) is 11.1 Å². The predicted molar refractivity (Wildman–Crippen MR) is 122 cm³/mol. The predicted octanol–water partition coefficient (Wildman–Crippen LogP) is 5.17. The molecule has 0 spiro atoms. The van der Waals surface area contributed by atoms with E-state index < -0.39 is 0 Å². The highest BCUT2D eigenvalue weighted by atomic mass is 32.2. The summed E-state index contributed by atoms with van der Waals surface area (Å²) < 4.78 is 0.719. The summed E-state index contributed by atoms with van der Waals surface area (Å²) >= 11 is 2.78. The maximum Gasteiger partial charge on any atom is 0.257 e. The number of nitrogens with zero attached hydrogens (tertiary/aromatic N) is 3. The van der Waals surface area contributed by atoms with Crippen LogP contribution in [0.4, 0.5) is 10.8 Å². The Labute approximate surface area is 182 Å². The number of thioether (sulfide) groups is 1. The maximum atomic E-state index is 12.6. The zero-order chi connectivity index (χ0) is 21.3. The highest BCUT2D eigenvalue weighted by Crippen LogP contribution is 2.34. The van der Waals surface area contributed by atoms with Gasteiger partial charge in [0, 0.05) is 22.6 Å². The Kier molecular flexibility index (Phi) is 5.78. The maximum absolute atomic E-state index is 12.6. The van der Waals surface area contributed by atoms with Crippen LogP contribution in [0, 0.1) is 20.8 Å². The van der Waals surface area contributed by atoms with Crippen molar-refractivity contribution in [2.45, 2.75) is 31.5 Å². The largest absolute Gasteiger partial charge is 0.296 e. The lowest BCUT2D eigenvalue weighted by Gasteiger charge is -2.18. The number of benzene rings is 2. The molecule has 152 valence electrons. The molecule has 0 unspecified atom stereocenters. The fraction of sp³-hybridized carbons (Fsp3) is 0.227. The monoisotopic (exact) mass is 436 g/mol. The molecule has 0 bridgehead atoms. The summed E-state index contributed by atoms with van der Waals surface area (Å²) in [6, 6.07) is 11.3. The highest BCUT2D eigenvalue weighted by molar-refractivity contribution is 8.01. The average molecular weight is 437 g/mol. The smallest absolute Gasteiger partial charge is 0.257 e. The molecular formula is C22H20N4O2S2. The summed E-state index contributed by atoms with van der Waals surface area (Å²) in [5.74, 6) is 0.451. The molecule has 4 rings (SSSR count).